The molecule has 2 rings (SSSR count). The minimum Gasteiger partial charge on any atom is -0.496 e. The van der Waals surface area contributed by atoms with E-state index in [0.29, 0.717) is 16.9 Å². The van der Waals surface area contributed by atoms with Crippen LogP contribution in [0.15, 0.2) is 40.9 Å². The van der Waals surface area contributed by atoms with Crippen molar-refractivity contribution in [2.75, 3.05) is 7.11 Å². The quantitative estimate of drug-likeness (QED) is 0.527. The van der Waals surface area contributed by atoms with Gasteiger partial charge in [-0.3, -0.25) is 4.79 Å². The number of carbonyl (C=O) groups excluding carboxylic acids is 1. The van der Waals surface area contributed by atoms with Crippen LogP contribution in [0.25, 0.3) is 0 Å². The highest BCUT2D eigenvalue weighted by Crippen LogP contribution is 2.25. The SMILES string of the molecule is COc1ccc(I)cc1C(=O)c1ccc(F)c(Br)c1. The minimum atomic E-state index is -0.397. The predicted octanol–water partition coefficient (Wildman–Crippen LogP) is 4.43. The standard InChI is InChI=1S/C14H9BrFIO2/c1-19-13-5-3-9(17)7-10(13)14(18)8-2-4-12(16)11(15)6-8/h2-7H,1H3. The van der Waals surface area contributed by atoms with Crippen molar-refractivity contribution in [3.63, 3.8) is 0 Å². The first-order valence-electron chi connectivity index (χ1n) is 5.36. The Balaban J connectivity index is 2.49. The van der Waals surface area contributed by atoms with Gasteiger partial charge in [-0.25, -0.2) is 4.39 Å². The van der Waals surface area contributed by atoms with Crippen LogP contribution in [-0.2, 0) is 0 Å². The minimum absolute atomic E-state index is 0.198. The summed E-state index contributed by atoms with van der Waals surface area (Å²) >= 11 is 5.20. The summed E-state index contributed by atoms with van der Waals surface area (Å²) in [4.78, 5) is 12.4. The normalized spacial score (nSPS) is 10.3. The van der Waals surface area contributed by atoms with Gasteiger partial charge in [0.25, 0.3) is 0 Å². The third-order valence-electron chi connectivity index (χ3n) is 2.59. The third kappa shape index (κ3) is 3.14. The molecule has 0 bridgehead atoms. The van der Waals surface area contributed by atoms with E-state index in [-0.39, 0.29) is 10.3 Å². The number of ketones is 1. The molecule has 0 radical (unpaired) electrons. The largest absolute Gasteiger partial charge is 0.496 e. The van der Waals surface area contributed by atoms with Crippen molar-refractivity contribution in [3.8, 4) is 5.75 Å². The Morgan fingerprint density at radius 2 is 2.00 bits per heavy atom. The van der Waals surface area contributed by atoms with Crippen molar-refractivity contribution in [2.24, 2.45) is 0 Å². The lowest BCUT2D eigenvalue weighted by molar-refractivity contribution is 0.103. The summed E-state index contributed by atoms with van der Waals surface area (Å²) in [6, 6.07) is 9.54. The van der Waals surface area contributed by atoms with Crippen molar-refractivity contribution in [1.29, 1.82) is 0 Å². The molecule has 19 heavy (non-hydrogen) atoms. The highest BCUT2D eigenvalue weighted by Gasteiger charge is 2.16. The van der Waals surface area contributed by atoms with Crippen molar-refractivity contribution >= 4 is 44.3 Å². The molecule has 0 saturated heterocycles. The number of rotatable bonds is 3. The summed E-state index contributed by atoms with van der Waals surface area (Å²) in [6.07, 6.45) is 0. The molecular formula is C14H9BrFIO2. The zero-order valence-electron chi connectivity index (χ0n) is 9.91. The van der Waals surface area contributed by atoms with Gasteiger partial charge >= 0.3 is 0 Å². The number of carbonyl (C=O) groups is 1. The number of benzene rings is 2. The van der Waals surface area contributed by atoms with E-state index in [2.05, 4.69) is 38.5 Å². The molecule has 0 heterocycles. The van der Waals surface area contributed by atoms with Gasteiger partial charge in [0.05, 0.1) is 17.1 Å². The van der Waals surface area contributed by atoms with Gasteiger partial charge in [-0.2, -0.15) is 0 Å². The van der Waals surface area contributed by atoms with Crippen LogP contribution >= 0.6 is 38.5 Å². The topological polar surface area (TPSA) is 26.3 Å². The number of hydrogen-bond acceptors (Lipinski definition) is 2. The Labute approximate surface area is 132 Å². The summed E-state index contributed by atoms with van der Waals surface area (Å²) < 4.78 is 19.6. The molecule has 5 heteroatoms. The van der Waals surface area contributed by atoms with Crippen LogP contribution in [0.4, 0.5) is 4.39 Å². The zero-order chi connectivity index (χ0) is 14.0. The summed E-state index contributed by atoms with van der Waals surface area (Å²) in [5.41, 5.74) is 0.876. The van der Waals surface area contributed by atoms with Gasteiger partial charge in [0, 0.05) is 9.13 Å². The highest BCUT2D eigenvalue weighted by molar-refractivity contribution is 14.1. The Bertz CT molecular complexity index is 643. The summed E-state index contributed by atoms with van der Waals surface area (Å²) in [5.74, 6) is -0.0897. The fraction of sp³-hybridized carbons (Fsp3) is 0.0714. The lowest BCUT2D eigenvalue weighted by Crippen LogP contribution is -2.04. The highest BCUT2D eigenvalue weighted by atomic mass is 127. The second-order valence-electron chi connectivity index (χ2n) is 3.80. The van der Waals surface area contributed by atoms with E-state index >= 15 is 0 Å². The fourth-order valence-electron chi connectivity index (χ4n) is 1.65. The summed E-state index contributed by atoms with van der Waals surface area (Å²) in [5, 5.41) is 0. The molecule has 0 saturated carbocycles. The smallest absolute Gasteiger partial charge is 0.196 e. The van der Waals surface area contributed by atoms with Crippen molar-refractivity contribution < 1.29 is 13.9 Å². The predicted molar refractivity (Wildman–Crippen MR) is 83.2 cm³/mol. The molecule has 0 spiro atoms. The van der Waals surface area contributed by atoms with Crippen LogP contribution in [0.5, 0.6) is 5.75 Å². The maximum atomic E-state index is 13.2. The van der Waals surface area contributed by atoms with Crippen LogP contribution in [-0.4, -0.2) is 12.9 Å². The molecule has 2 aromatic carbocycles. The summed E-state index contributed by atoms with van der Waals surface area (Å²) in [6.45, 7) is 0. The molecule has 2 nitrogen and oxygen atoms in total. The maximum absolute atomic E-state index is 13.2. The molecule has 0 aliphatic rings. The van der Waals surface area contributed by atoms with E-state index in [1.165, 1.54) is 25.3 Å². The number of hydrogen-bond donors (Lipinski definition) is 0. The molecule has 0 aliphatic carbocycles. The van der Waals surface area contributed by atoms with Crippen molar-refractivity contribution in [3.05, 3.63) is 61.4 Å². The van der Waals surface area contributed by atoms with Crippen LogP contribution in [0, 0.1) is 9.39 Å². The zero-order valence-corrected chi connectivity index (χ0v) is 13.7. The van der Waals surface area contributed by atoms with Crippen molar-refractivity contribution in [2.45, 2.75) is 0 Å². The number of halogens is 3. The van der Waals surface area contributed by atoms with Crippen molar-refractivity contribution in [1.82, 2.24) is 0 Å². The van der Waals surface area contributed by atoms with E-state index in [1.807, 2.05) is 6.07 Å². The molecule has 0 amide bonds. The Morgan fingerprint density at radius 3 is 2.63 bits per heavy atom. The van der Waals surface area contributed by atoms with Gasteiger partial charge in [-0.05, 0) is 74.9 Å². The van der Waals surface area contributed by atoms with E-state index in [9.17, 15) is 9.18 Å². The van der Waals surface area contributed by atoms with Gasteiger partial charge in [0.1, 0.15) is 11.6 Å². The molecule has 0 fully saturated rings. The van der Waals surface area contributed by atoms with Gasteiger partial charge in [-0.15, -0.1) is 0 Å². The molecule has 98 valence electrons. The maximum Gasteiger partial charge on any atom is 0.196 e. The van der Waals surface area contributed by atoms with Crippen LogP contribution in [0.2, 0.25) is 0 Å². The van der Waals surface area contributed by atoms with Crippen LogP contribution in [0.1, 0.15) is 15.9 Å². The van der Waals surface area contributed by atoms with Gasteiger partial charge < -0.3 is 4.74 Å². The average molecular weight is 435 g/mol. The Morgan fingerprint density at radius 1 is 1.26 bits per heavy atom. The Kier molecular flexibility index (Phi) is 4.57. The van der Waals surface area contributed by atoms with Gasteiger partial charge in [-0.1, -0.05) is 0 Å². The lowest BCUT2D eigenvalue weighted by Gasteiger charge is -2.08. The molecule has 0 N–H and O–H groups in total. The van der Waals surface area contributed by atoms with E-state index < -0.39 is 5.82 Å². The number of methoxy groups -OCH3 is 1. The molecule has 0 atom stereocenters. The average Bonchev–Trinajstić information content (AvgIpc) is 2.41. The molecule has 2 aromatic rings. The van der Waals surface area contributed by atoms with Gasteiger partial charge in [0.15, 0.2) is 5.78 Å². The molecule has 0 aromatic heterocycles. The monoisotopic (exact) mass is 434 g/mol. The van der Waals surface area contributed by atoms with E-state index in [4.69, 9.17) is 4.74 Å². The van der Waals surface area contributed by atoms with E-state index in [1.54, 1.807) is 12.1 Å². The molecule has 0 unspecified atom stereocenters. The fourth-order valence-corrected chi connectivity index (χ4v) is 2.52. The third-order valence-corrected chi connectivity index (χ3v) is 3.87. The second kappa shape index (κ2) is 6.00. The second-order valence-corrected chi connectivity index (χ2v) is 5.90. The Hall–Kier alpha value is -0.950. The van der Waals surface area contributed by atoms with Crippen LogP contribution in [0.3, 0.4) is 0 Å². The molecular weight excluding hydrogens is 426 g/mol. The first-order valence-corrected chi connectivity index (χ1v) is 7.23. The lowest BCUT2D eigenvalue weighted by atomic mass is 10.0. The first kappa shape index (κ1) is 14.5. The summed E-state index contributed by atoms with van der Waals surface area (Å²) in [7, 11) is 1.51. The number of ether oxygens (including phenoxy) is 1. The first-order chi connectivity index (χ1) is 9.02. The van der Waals surface area contributed by atoms with E-state index in [0.717, 1.165) is 3.57 Å². The van der Waals surface area contributed by atoms with Gasteiger partial charge in [0.2, 0.25) is 0 Å². The molecule has 0 aliphatic heterocycles. The van der Waals surface area contributed by atoms with Crippen LogP contribution < -0.4 is 4.74 Å².